The fraction of sp³-hybridized carbons (Fsp3) is 0.238. The van der Waals surface area contributed by atoms with Gasteiger partial charge in [0.25, 0.3) is 15.9 Å². The zero-order chi connectivity index (χ0) is 22.9. The van der Waals surface area contributed by atoms with Crippen molar-refractivity contribution in [2.45, 2.75) is 13.8 Å². The number of hydrogen-bond acceptors (Lipinski definition) is 7. The van der Waals surface area contributed by atoms with Gasteiger partial charge in [-0.15, -0.1) is 4.40 Å². The quantitative estimate of drug-likeness (QED) is 0.682. The summed E-state index contributed by atoms with van der Waals surface area (Å²) in [6.07, 6.45) is 6.06. The van der Waals surface area contributed by atoms with E-state index >= 15 is 0 Å². The average Bonchev–Trinajstić information content (AvgIpc) is 3.14. The molecule has 0 saturated heterocycles. The molecule has 0 aliphatic carbocycles. The molecule has 4 rings (SSSR count). The number of esters is 1. The van der Waals surface area contributed by atoms with Gasteiger partial charge in [0.1, 0.15) is 11.4 Å². The van der Waals surface area contributed by atoms with Gasteiger partial charge in [0.15, 0.2) is 0 Å². The van der Waals surface area contributed by atoms with Gasteiger partial charge in [-0.05, 0) is 44.2 Å². The summed E-state index contributed by atoms with van der Waals surface area (Å²) >= 11 is 0. The maximum absolute atomic E-state index is 12.8. The van der Waals surface area contributed by atoms with E-state index in [4.69, 9.17) is 4.74 Å². The van der Waals surface area contributed by atoms with Gasteiger partial charge in [-0.3, -0.25) is 4.79 Å². The molecular formula is C21H21N5O5S. The second kappa shape index (κ2) is 8.42. The van der Waals surface area contributed by atoms with Crippen LogP contribution in [0.25, 0.3) is 5.69 Å². The van der Waals surface area contributed by atoms with Crippen molar-refractivity contribution in [1.29, 1.82) is 0 Å². The summed E-state index contributed by atoms with van der Waals surface area (Å²) in [5.74, 6) is -0.601. The molecule has 0 atom stereocenters. The topological polar surface area (TPSA) is 123 Å². The van der Waals surface area contributed by atoms with Crippen LogP contribution in [-0.4, -0.2) is 59.7 Å². The standard InChI is InChI=1S/C21H21N5O5S/c1-3-31-21(28)18-12-22-26(14(18)2)17-6-4-5-16(11-17)23-20(27)15-7-8-19-24-32(29,30)10-9-25(19)13-15/h4-8,11-13H,3,9-10H2,1-2H3,(H,23,27). The highest BCUT2D eigenvalue weighted by molar-refractivity contribution is 7.90. The van der Waals surface area contributed by atoms with E-state index in [0.717, 1.165) is 0 Å². The molecule has 2 aliphatic heterocycles. The summed E-state index contributed by atoms with van der Waals surface area (Å²) < 4.78 is 33.6. The Kier molecular flexibility index (Phi) is 5.66. The monoisotopic (exact) mass is 455 g/mol. The molecule has 2 aliphatic rings. The van der Waals surface area contributed by atoms with Crippen LogP contribution in [0.15, 0.2) is 58.8 Å². The maximum Gasteiger partial charge on any atom is 0.341 e. The highest BCUT2D eigenvalue weighted by Gasteiger charge is 2.25. The van der Waals surface area contributed by atoms with Crippen LogP contribution in [0.1, 0.15) is 23.0 Å². The zero-order valence-corrected chi connectivity index (χ0v) is 18.3. The normalized spacial score (nSPS) is 16.6. The largest absolute Gasteiger partial charge is 0.462 e. The third-order valence-electron chi connectivity index (χ3n) is 4.94. The van der Waals surface area contributed by atoms with Gasteiger partial charge in [0, 0.05) is 18.4 Å². The van der Waals surface area contributed by atoms with Crippen LogP contribution in [0.4, 0.5) is 5.69 Å². The molecule has 1 aromatic carbocycles. The van der Waals surface area contributed by atoms with Gasteiger partial charge in [-0.1, -0.05) is 6.07 Å². The van der Waals surface area contributed by atoms with Crippen LogP contribution < -0.4 is 5.32 Å². The number of carbonyl (C=O) groups is 2. The summed E-state index contributed by atoms with van der Waals surface area (Å²) in [6.45, 7) is 4.01. The van der Waals surface area contributed by atoms with E-state index in [0.29, 0.717) is 34.0 Å². The summed E-state index contributed by atoms with van der Waals surface area (Å²) in [7, 11) is -3.45. The number of rotatable bonds is 5. The van der Waals surface area contributed by atoms with Gasteiger partial charge in [0.05, 0.1) is 35.5 Å². The van der Waals surface area contributed by atoms with E-state index in [2.05, 4.69) is 14.8 Å². The number of hydrogen-bond donors (Lipinski definition) is 1. The fourth-order valence-electron chi connectivity index (χ4n) is 3.33. The zero-order valence-electron chi connectivity index (χ0n) is 17.5. The van der Waals surface area contributed by atoms with Crippen molar-refractivity contribution in [1.82, 2.24) is 14.7 Å². The molecule has 0 fully saturated rings. The van der Waals surface area contributed by atoms with Gasteiger partial charge in [-0.25, -0.2) is 17.9 Å². The van der Waals surface area contributed by atoms with Crippen LogP contribution >= 0.6 is 0 Å². The van der Waals surface area contributed by atoms with Gasteiger partial charge < -0.3 is 15.0 Å². The first-order valence-corrected chi connectivity index (χ1v) is 11.5. The molecule has 0 bridgehead atoms. The van der Waals surface area contributed by atoms with E-state index in [9.17, 15) is 18.0 Å². The second-order valence-electron chi connectivity index (χ2n) is 7.13. The van der Waals surface area contributed by atoms with Crippen LogP contribution in [-0.2, 0) is 19.6 Å². The van der Waals surface area contributed by atoms with Crippen molar-refractivity contribution < 1.29 is 22.7 Å². The number of aromatic nitrogens is 2. The highest BCUT2D eigenvalue weighted by Crippen LogP contribution is 2.21. The highest BCUT2D eigenvalue weighted by atomic mass is 32.2. The number of amides is 1. The lowest BCUT2D eigenvalue weighted by Crippen LogP contribution is -2.37. The molecule has 1 N–H and O–H groups in total. The molecule has 1 aromatic heterocycles. The third kappa shape index (κ3) is 4.33. The molecule has 32 heavy (non-hydrogen) atoms. The number of ether oxygens (including phenoxy) is 1. The molecule has 1 amide bonds. The van der Waals surface area contributed by atoms with Crippen LogP contribution in [0.3, 0.4) is 0 Å². The van der Waals surface area contributed by atoms with Crippen molar-refractivity contribution in [3.8, 4) is 5.69 Å². The van der Waals surface area contributed by atoms with Crippen molar-refractivity contribution in [2.24, 2.45) is 4.40 Å². The van der Waals surface area contributed by atoms with Gasteiger partial charge >= 0.3 is 5.97 Å². The molecule has 10 nitrogen and oxygen atoms in total. The minimum atomic E-state index is -3.45. The minimum absolute atomic E-state index is 0.102. The van der Waals surface area contributed by atoms with Crippen molar-refractivity contribution in [3.63, 3.8) is 0 Å². The van der Waals surface area contributed by atoms with E-state index < -0.39 is 16.0 Å². The Labute approximate surface area is 184 Å². The van der Waals surface area contributed by atoms with E-state index in [1.807, 2.05) is 0 Å². The second-order valence-corrected chi connectivity index (χ2v) is 8.88. The maximum atomic E-state index is 12.8. The number of sulfonamides is 1. The lowest BCUT2D eigenvalue weighted by atomic mass is 10.1. The number of anilines is 1. The van der Waals surface area contributed by atoms with Crippen LogP contribution in [0.5, 0.6) is 0 Å². The van der Waals surface area contributed by atoms with Crippen LogP contribution in [0.2, 0.25) is 0 Å². The van der Waals surface area contributed by atoms with E-state index in [1.165, 1.54) is 18.3 Å². The Balaban J connectivity index is 1.52. The number of carbonyl (C=O) groups excluding carboxylic acids is 2. The Morgan fingerprint density at radius 2 is 2.06 bits per heavy atom. The van der Waals surface area contributed by atoms with E-state index in [1.54, 1.807) is 53.9 Å². The smallest absolute Gasteiger partial charge is 0.341 e. The third-order valence-corrected chi connectivity index (χ3v) is 6.10. The van der Waals surface area contributed by atoms with Crippen LogP contribution in [0, 0.1) is 6.92 Å². The molecule has 3 heterocycles. The molecule has 166 valence electrons. The number of amidine groups is 1. The number of nitrogens with zero attached hydrogens (tertiary/aromatic N) is 4. The number of benzene rings is 1. The Hall–Kier alpha value is -3.73. The van der Waals surface area contributed by atoms with Gasteiger partial charge in [-0.2, -0.15) is 5.10 Å². The predicted molar refractivity (Wildman–Crippen MR) is 118 cm³/mol. The number of fused-ring (bicyclic) bond motifs is 1. The fourth-order valence-corrected chi connectivity index (χ4v) is 4.30. The van der Waals surface area contributed by atoms with E-state index in [-0.39, 0.29) is 24.8 Å². The van der Waals surface area contributed by atoms with Crippen molar-refractivity contribution in [3.05, 3.63) is 65.6 Å². The molecule has 2 aromatic rings. The first kappa shape index (κ1) is 21.5. The van der Waals surface area contributed by atoms with Crippen molar-refractivity contribution in [2.75, 3.05) is 24.2 Å². The SMILES string of the molecule is CCOC(=O)c1cnn(-c2cccc(NC(=O)C3=CN4CCS(=O)(=O)N=C4C=C3)c2)c1C. The molecule has 0 saturated carbocycles. The minimum Gasteiger partial charge on any atom is -0.462 e. The van der Waals surface area contributed by atoms with Crippen molar-refractivity contribution >= 4 is 33.4 Å². The summed E-state index contributed by atoms with van der Waals surface area (Å²) in [5, 5.41) is 7.09. The molecule has 11 heteroatoms. The first-order chi connectivity index (χ1) is 15.3. The average molecular weight is 455 g/mol. The molecular weight excluding hydrogens is 434 g/mol. The Morgan fingerprint density at radius 1 is 1.25 bits per heavy atom. The molecule has 0 spiro atoms. The lowest BCUT2D eigenvalue weighted by Gasteiger charge is -2.26. The molecule has 0 unspecified atom stereocenters. The summed E-state index contributed by atoms with van der Waals surface area (Å²) in [4.78, 5) is 26.4. The number of nitrogens with one attached hydrogen (secondary N) is 1. The Morgan fingerprint density at radius 3 is 2.84 bits per heavy atom. The predicted octanol–water partition coefficient (Wildman–Crippen LogP) is 1.79. The van der Waals surface area contributed by atoms with Gasteiger partial charge in [0.2, 0.25) is 0 Å². The first-order valence-electron chi connectivity index (χ1n) is 9.90. The summed E-state index contributed by atoms with van der Waals surface area (Å²) in [5.41, 5.74) is 2.57. The lowest BCUT2D eigenvalue weighted by molar-refractivity contribution is -0.112. The Bertz CT molecular complexity index is 1290. The summed E-state index contributed by atoms with van der Waals surface area (Å²) in [6, 6.07) is 7.04. The molecule has 0 radical (unpaired) electrons.